The van der Waals surface area contributed by atoms with Gasteiger partial charge in [-0.15, -0.1) is 0 Å². The molecule has 0 saturated heterocycles. The minimum Gasteiger partial charge on any atom is -0.338 e. The van der Waals surface area contributed by atoms with E-state index in [1.807, 2.05) is 12.1 Å². The molecule has 0 amide bonds. The predicted octanol–water partition coefficient (Wildman–Crippen LogP) is 14.9. The van der Waals surface area contributed by atoms with E-state index >= 15 is 4.39 Å². The van der Waals surface area contributed by atoms with Crippen LogP contribution in [0.2, 0.25) is 0 Å². The Balaban J connectivity index is 1.23. The van der Waals surface area contributed by atoms with Gasteiger partial charge in [0, 0.05) is 77.9 Å². The van der Waals surface area contributed by atoms with Gasteiger partial charge in [-0.2, -0.15) is 4.58 Å². The van der Waals surface area contributed by atoms with Crippen molar-refractivity contribution in [3.05, 3.63) is 185 Å². The van der Waals surface area contributed by atoms with E-state index in [9.17, 15) is 0 Å². The Morgan fingerprint density at radius 1 is 0.672 bits per heavy atom. The second-order valence-electron chi connectivity index (χ2n) is 16.6. The fourth-order valence-corrected chi connectivity index (χ4v) is 11.0. The number of para-hydroxylation sites is 3. The van der Waals surface area contributed by atoms with Crippen LogP contribution < -0.4 is 9.80 Å². The number of benzene rings is 5. The molecule has 61 heavy (non-hydrogen) atoms. The highest BCUT2D eigenvalue weighted by molar-refractivity contribution is 7.17. The summed E-state index contributed by atoms with van der Waals surface area (Å²) in [5.74, 6) is -0.276. The van der Waals surface area contributed by atoms with Crippen molar-refractivity contribution in [1.29, 1.82) is 0 Å². The first-order valence-electron chi connectivity index (χ1n) is 22.4. The molecular formula is C55H56FN4S+. The standard InChI is InChI=1S/C55H56FN4S/c1-3-58(51-31-19-16-20-40(51)2)55-57-53(49-29-17-18-30-50(49)56)54(61-55)52(41-32-36-47(37-33-41)59(43-21-8-4-9-22-43)44-23-10-5-11-24-44)42-34-38-48(39-35-42)60(45-25-12-6-13-26-45)46-27-14-7-15-28-46/h4,6,8-9,12-13,16-22,25-26,29-39,44,46H,3,5,7,10-11,14-15,23-24,27-28H2,1-2H3/q+1. The Morgan fingerprint density at radius 3 is 1.95 bits per heavy atom. The molecule has 0 unspecified atom stereocenters. The molecule has 6 heteroatoms. The smallest absolute Gasteiger partial charge is 0.205 e. The lowest BCUT2D eigenvalue weighted by atomic mass is 9.91. The van der Waals surface area contributed by atoms with Gasteiger partial charge in [0.05, 0.1) is 10.6 Å². The lowest BCUT2D eigenvalue weighted by Gasteiger charge is -2.36. The van der Waals surface area contributed by atoms with Crippen molar-refractivity contribution < 1.29 is 8.97 Å². The van der Waals surface area contributed by atoms with Crippen LogP contribution in [0.25, 0.3) is 16.8 Å². The van der Waals surface area contributed by atoms with Gasteiger partial charge in [0.25, 0.3) is 0 Å². The average molecular weight is 824 g/mol. The topological polar surface area (TPSA) is 22.4 Å². The molecule has 0 atom stereocenters. The number of thiazole rings is 1. The van der Waals surface area contributed by atoms with Crippen LogP contribution >= 0.6 is 11.3 Å². The number of hydrogen-bond acceptors (Lipinski definition) is 4. The van der Waals surface area contributed by atoms with Crippen LogP contribution in [0.15, 0.2) is 163 Å². The number of anilines is 4. The Kier molecular flexibility index (Phi) is 12.5. The van der Waals surface area contributed by atoms with Crippen LogP contribution in [-0.4, -0.2) is 33.9 Å². The van der Waals surface area contributed by atoms with Gasteiger partial charge >= 0.3 is 0 Å². The van der Waals surface area contributed by atoms with Gasteiger partial charge in [0.1, 0.15) is 5.82 Å². The molecule has 2 fully saturated rings. The molecule has 1 aromatic heterocycles. The third-order valence-corrected chi connectivity index (χ3v) is 13.8. The minimum atomic E-state index is -0.276. The fourth-order valence-electron chi connectivity index (χ4n) is 9.71. The SMILES string of the molecule is CCN(c1nc(-c2ccccc2F)c(C(=C2C=CC(=[N+](c3ccccc3)C3CCCCC3)C=C2)c2ccc(N(c3ccccc3)C3CCCCC3)cc2)s1)c1ccccc1C. The molecule has 0 bridgehead atoms. The molecule has 0 aliphatic heterocycles. The van der Waals surface area contributed by atoms with Gasteiger partial charge in [0.15, 0.2) is 11.2 Å². The average Bonchev–Trinajstić information content (AvgIpc) is 3.74. The molecular weight excluding hydrogens is 768 g/mol. The van der Waals surface area contributed by atoms with Gasteiger partial charge in [-0.05, 0) is 111 Å². The summed E-state index contributed by atoms with van der Waals surface area (Å²) in [6.07, 6.45) is 21.5. The van der Waals surface area contributed by atoms with E-state index in [1.54, 1.807) is 23.5 Å². The minimum absolute atomic E-state index is 0.276. The van der Waals surface area contributed by atoms with E-state index in [1.165, 1.54) is 92.5 Å². The van der Waals surface area contributed by atoms with E-state index in [0.717, 1.165) is 39.0 Å². The quantitative estimate of drug-likeness (QED) is 0.122. The normalized spacial score (nSPS) is 15.9. The van der Waals surface area contributed by atoms with Crippen LogP contribution in [-0.2, 0) is 0 Å². The maximum absolute atomic E-state index is 16.1. The predicted molar refractivity (Wildman–Crippen MR) is 256 cm³/mol. The number of allylic oxidation sites excluding steroid dienone is 5. The third-order valence-electron chi connectivity index (χ3n) is 12.7. The van der Waals surface area contributed by atoms with Crippen molar-refractivity contribution in [3.63, 3.8) is 0 Å². The van der Waals surface area contributed by atoms with E-state index in [-0.39, 0.29) is 5.82 Å². The molecule has 6 aromatic rings. The van der Waals surface area contributed by atoms with Gasteiger partial charge in [-0.3, -0.25) is 0 Å². The molecule has 4 nitrogen and oxygen atoms in total. The Bertz CT molecular complexity index is 2540. The molecule has 0 spiro atoms. The number of aryl methyl sites for hydroxylation is 1. The summed E-state index contributed by atoms with van der Waals surface area (Å²) in [4.78, 5) is 11.1. The third kappa shape index (κ3) is 8.69. The van der Waals surface area contributed by atoms with Crippen LogP contribution in [0.3, 0.4) is 0 Å². The van der Waals surface area contributed by atoms with Crippen LogP contribution in [0, 0.1) is 12.7 Å². The first-order valence-corrected chi connectivity index (χ1v) is 23.2. The van der Waals surface area contributed by atoms with Crippen LogP contribution in [0.4, 0.5) is 32.3 Å². The molecule has 0 N–H and O–H groups in total. The van der Waals surface area contributed by atoms with Gasteiger partial charge in [0.2, 0.25) is 11.4 Å². The molecule has 0 radical (unpaired) electrons. The largest absolute Gasteiger partial charge is 0.338 e. The monoisotopic (exact) mass is 823 g/mol. The van der Waals surface area contributed by atoms with Crippen molar-refractivity contribution in [2.45, 2.75) is 90.1 Å². The van der Waals surface area contributed by atoms with Crippen molar-refractivity contribution in [1.82, 2.24) is 4.98 Å². The first kappa shape index (κ1) is 40.6. The second kappa shape index (κ2) is 18.8. The van der Waals surface area contributed by atoms with Gasteiger partial charge in [-0.1, -0.05) is 116 Å². The van der Waals surface area contributed by atoms with E-state index in [2.05, 4.69) is 162 Å². The van der Waals surface area contributed by atoms with E-state index in [0.29, 0.717) is 23.3 Å². The Hall–Kier alpha value is -5.85. The maximum atomic E-state index is 16.1. The highest BCUT2D eigenvalue weighted by Crippen LogP contribution is 2.45. The molecule has 9 rings (SSSR count). The number of rotatable bonds is 11. The zero-order valence-corrected chi connectivity index (χ0v) is 36.3. The van der Waals surface area contributed by atoms with Gasteiger partial charge < -0.3 is 9.80 Å². The Morgan fingerprint density at radius 2 is 1.28 bits per heavy atom. The molecule has 3 aliphatic rings. The summed E-state index contributed by atoms with van der Waals surface area (Å²) < 4.78 is 18.6. The summed E-state index contributed by atoms with van der Waals surface area (Å²) >= 11 is 1.65. The zero-order chi connectivity index (χ0) is 41.5. The fraction of sp³-hybridized carbons (Fsp3) is 0.273. The summed E-state index contributed by atoms with van der Waals surface area (Å²) in [5.41, 5.74) is 11.5. The molecule has 2 saturated carbocycles. The summed E-state index contributed by atoms with van der Waals surface area (Å²) in [5, 5.41) is 0.843. The number of halogens is 1. The summed E-state index contributed by atoms with van der Waals surface area (Å²) in [6.45, 7) is 5.03. The first-order chi connectivity index (χ1) is 30.1. The summed E-state index contributed by atoms with van der Waals surface area (Å²) in [6, 6.07) is 47.3. The maximum Gasteiger partial charge on any atom is 0.205 e. The number of aromatic nitrogens is 1. The lowest BCUT2D eigenvalue weighted by Crippen LogP contribution is -2.32. The van der Waals surface area contributed by atoms with Crippen molar-refractivity contribution in [3.8, 4) is 11.3 Å². The van der Waals surface area contributed by atoms with Crippen molar-refractivity contribution in [2.75, 3.05) is 16.3 Å². The molecule has 1 heterocycles. The highest BCUT2D eigenvalue weighted by atomic mass is 32.1. The van der Waals surface area contributed by atoms with Crippen molar-refractivity contribution in [2.24, 2.45) is 0 Å². The van der Waals surface area contributed by atoms with Crippen molar-refractivity contribution >= 4 is 50.5 Å². The molecule has 308 valence electrons. The summed E-state index contributed by atoms with van der Waals surface area (Å²) in [7, 11) is 0. The van der Waals surface area contributed by atoms with Crippen LogP contribution in [0.1, 0.15) is 87.1 Å². The van der Waals surface area contributed by atoms with Gasteiger partial charge in [-0.25, -0.2) is 9.37 Å². The number of hydrogen-bond donors (Lipinski definition) is 0. The van der Waals surface area contributed by atoms with E-state index < -0.39 is 0 Å². The highest BCUT2D eigenvalue weighted by Gasteiger charge is 2.30. The lowest BCUT2D eigenvalue weighted by molar-refractivity contribution is -0.488. The zero-order valence-electron chi connectivity index (χ0n) is 35.5. The number of nitrogens with zero attached hydrogens (tertiary/aromatic N) is 4. The Labute approximate surface area is 365 Å². The van der Waals surface area contributed by atoms with E-state index in [4.69, 9.17) is 4.98 Å². The molecule has 5 aromatic carbocycles. The molecule has 3 aliphatic carbocycles. The van der Waals surface area contributed by atoms with Crippen LogP contribution in [0.5, 0.6) is 0 Å². The second-order valence-corrected chi connectivity index (χ2v) is 17.6.